The zero-order valence-electron chi connectivity index (χ0n) is 13.9. The molecule has 1 heterocycles. The summed E-state index contributed by atoms with van der Waals surface area (Å²) in [5.41, 5.74) is 1.22. The first-order valence-corrected chi connectivity index (χ1v) is 9.74. The molecule has 26 heavy (non-hydrogen) atoms. The van der Waals surface area contributed by atoms with Crippen molar-refractivity contribution in [1.82, 2.24) is 9.62 Å². The second-order valence-electron chi connectivity index (χ2n) is 5.90. The number of hydrogen-bond acceptors (Lipinski definition) is 5. The Balaban J connectivity index is 1.55. The predicted molar refractivity (Wildman–Crippen MR) is 95.4 cm³/mol. The minimum absolute atomic E-state index is 0.109. The fraction of sp³-hybridized carbons (Fsp3) is 0.222. The number of fused-ring (bicyclic) bond motifs is 1. The Hall–Kier alpha value is -2.71. The largest absolute Gasteiger partial charge is 0.508 e. The van der Waals surface area contributed by atoms with E-state index in [2.05, 4.69) is 4.72 Å². The number of phenols is 1. The zero-order valence-corrected chi connectivity index (χ0v) is 14.7. The van der Waals surface area contributed by atoms with Gasteiger partial charge in [0, 0.05) is 13.1 Å². The van der Waals surface area contributed by atoms with Crippen LogP contribution in [0.25, 0.3) is 0 Å². The van der Waals surface area contributed by atoms with Gasteiger partial charge in [-0.3, -0.25) is 14.5 Å². The molecule has 0 saturated carbocycles. The zero-order chi connectivity index (χ0) is 18.7. The number of amides is 2. The smallest absolute Gasteiger partial charge is 0.261 e. The second-order valence-corrected chi connectivity index (χ2v) is 7.83. The quantitative estimate of drug-likeness (QED) is 0.708. The minimum Gasteiger partial charge on any atom is -0.508 e. The van der Waals surface area contributed by atoms with Crippen LogP contribution in [0.2, 0.25) is 0 Å². The van der Waals surface area contributed by atoms with Crippen LogP contribution >= 0.6 is 0 Å². The van der Waals surface area contributed by atoms with Crippen molar-refractivity contribution >= 4 is 21.8 Å². The van der Waals surface area contributed by atoms with E-state index in [0.29, 0.717) is 23.1 Å². The van der Waals surface area contributed by atoms with Crippen molar-refractivity contribution in [3.8, 4) is 5.75 Å². The van der Waals surface area contributed by atoms with E-state index in [-0.39, 0.29) is 24.6 Å². The lowest BCUT2D eigenvalue weighted by molar-refractivity contribution is 0.0664. The number of phenolic OH excluding ortho intramolecular Hbond substituents is 1. The molecule has 7 nitrogen and oxygen atoms in total. The molecular formula is C18H18N2O5S. The first-order chi connectivity index (χ1) is 12.4. The molecule has 0 aliphatic carbocycles. The maximum atomic E-state index is 12.2. The number of benzene rings is 2. The van der Waals surface area contributed by atoms with Gasteiger partial charge in [0.15, 0.2) is 0 Å². The number of nitrogens with zero attached hydrogens (tertiary/aromatic N) is 1. The number of nitrogens with one attached hydrogen (secondary N) is 1. The molecule has 2 aromatic rings. The van der Waals surface area contributed by atoms with Crippen molar-refractivity contribution in [3.05, 3.63) is 65.2 Å². The van der Waals surface area contributed by atoms with Gasteiger partial charge < -0.3 is 5.11 Å². The van der Waals surface area contributed by atoms with E-state index < -0.39 is 21.8 Å². The number of carbonyl (C=O) groups is 2. The molecule has 8 heteroatoms. The molecule has 1 aliphatic rings. The van der Waals surface area contributed by atoms with Crippen molar-refractivity contribution in [1.29, 1.82) is 0 Å². The third-order valence-corrected chi connectivity index (χ3v) is 5.53. The fourth-order valence-corrected chi connectivity index (χ4v) is 3.77. The monoisotopic (exact) mass is 374 g/mol. The molecule has 3 rings (SSSR count). The van der Waals surface area contributed by atoms with Gasteiger partial charge >= 0.3 is 0 Å². The van der Waals surface area contributed by atoms with Crippen LogP contribution in [-0.2, 0) is 16.4 Å². The Morgan fingerprint density at radius 3 is 2.12 bits per heavy atom. The number of para-hydroxylation sites is 1. The maximum Gasteiger partial charge on any atom is 0.261 e. The van der Waals surface area contributed by atoms with Gasteiger partial charge in [0.1, 0.15) is 5.75 Å². The van der Waals surface area contributed by atoms with Gasteiger partial charge in [0.05, 0.1) is 16.9 Å². The second kappa shape index (κ2) is 7.27. The van der Waals surface area contributed by atoms with Gasteiger partial charge in [-0.25, -0.2) is 13.1 Å². The van der Waals surface area contributed by atoms with E-state index >= 15 is 0 Å². The van der Waals surface area contributed by atoms with E-state index in [1.54, 1.807) is 42.5 Å². The van der Waals surface area contributed by atoms with Gasteiger partial charge in [0.2, 0.25) is 10.0 Å². The van der Waals surface area contributed by atoms with Crippen molar-refractivity contribution < 1.29 is 23.1 Å². The summed E-state index contributed by atoms with van der Waals surface area (Å²) in [7, 11) is -3.66. The lowest BCUT2D eigenvalue weighted by atomic mass is 10.1. The van der Waals surface area contributed by atoms with Crippen LogP contribution < -0.4 is 4.72 Å². The number of sulfonamides is 1. The predicted octanol–water partition coefficient (Wildman–Crippen LogP) is 1.15. The molecule has 0 atom stereocenters. The standard InChI is InChI=1S/C18H18N2O5S/c21-16-8-4-1-5-13(16)9-10-19-26(24,25)12-11-20-17(22)14-6-2-3-7-15(14)18(20)23/h1-8,19,21H,9-12H2. The molecule has 0 fully saturated rings. The molecule has 2 amide bonds. The molecule has 0 aromatic heterocycles. The lowest BCUT2D eigenvalue weighted by Gasteiger charge is -2.14. The molecule has 0 saturated heterocycles. The SMILES string of the molecule is O=C1c2ccccc2C(=O)N1CCS(=O)(=O)NCCc1ccccc1O. The average Bonchev–Trinajstić information content (AvgIpc) is 2.86. The van der Waals surface area contributed by atoms with Crippen LogP contribution in [0.15, 0.2) is 48.5 Å². The molecular weight excluding hydrogens is 356 g/mol. The Bertz CT molecular complexity index is 921. The summed E-state index contributed by atoms with van der Waals surface area (Å²) >= 11 is 0. The fourth-order valence-electron chi connectivity index (χ4n) is 2.79. The van der Waals surface area contributed by atoms with Crippen LogP contribution in [-0.4, -0.2) is 49.1 Å². The van der Waals surface area contributed by atoms with Gasteiger partial charge in [-0.05, 0) is 30.2 Å². The molecule has 2 aromatic carbocycles. The van der Waals surface area contributed by atoms with Crippen molar-refractivity contribution in [2.24, 2.45) is 0 Å². The number of aromatic hydroxyl groups is 1. The summed E-state index contributed by atoms with van der Waals surface area (Å²) in [5, 5.41) is 9.67. The third kappa shape index (κ3) is 3.76. The lowest BCUT2D eigenvalue weighted by Crippen LogP contribution is -2.38. The van der Waals surface area contributed by atoms with Crippen molar-refractivity contribution in [3.63, 3.8) is 0 Å². The Morgan fingerprint density at radius 2 is 1.50 bits per heavy atom. The van der Waals surface area contributed by atoms with Crippen LogP contribution in [0.1, 0.15) is 26.3 Å². The van der Waals surface area contributed by atoms with E-state index in [1.165, 1.54) is 6.07 Å². The van der Waals surface area contributed by atoms with Gasteiger partial charge in [-0.1, -0.05) is 30.3 Å². The summed E-state index contributed by atoms with van der Waals surface area (Å²) in [6, 6.07) is 13.1. The topological polar surface area (TPSA) is 104 Å². The Morgan fingerprint density at radius 1 is 0.923 bits per heavy atom. The molecule has 1 aliphatic heterocycles. The van der Waals surface area contributed by atoms with Crippen LogP contribution in [0.4, 0.5) is 0 Å². The highest BCUT2D eigenvalue weighted by molar-refractivity contribution is 7.89. The summed E-state index contributed by atoms with van der Waals surface area (Å²) < 4.78 is 26.7. The highest BCUT2D eigenvalue weighted by Crippen LogP contribution is 2.22. The summed E-state index contributed by atoms with van der Waals surface area (Å²) in [4.78, 5) is 25.4. The molecule has 0 unspecified atom stereocenters. The van der Waals surface area contributed by atoms with E-state index in [4.69, 9.17) is 0 Å². The number of rotatable bonds is 7. The number of imide groups is 1. The molecule has 2 N–H and O–H groups in total. The molecule has 0 spiro atoms. The summed E-state index contributed by atoms with van der Waals surface area (Å²) in [5.74, 6) is -1.22. The van der Waals surface area contributed by atoms with Crippen LogP contribution in [0.3, 0.4) is 0 Å². The third-order valence-electron chi connectivity index (χ3n) is 4.17. The van der Waals surface area contributed by atoms with Gasteiger partial charge in [-0.2, -0.15) is 0 Å². The Labute approximate surface area is 151 Å². The maximum absolute atomic E-state index is 12.2. The van der Waals surface area contributed by atoms with Crippen LogP contribution in [0.5, 0.6) is 5.75 Å². The van der Waals surface area contributed by atoms with Gasteiger partial charge in [0.25, 0.3) is 11.8 Å². The highest BCUT2D eigenvalue weighted by Gasteiger charge is 2.35. The average molecular weight is 374 g/mol. The van der Waals surface area contributed by atoms with E-state index in [9.17, 15) is 23.1 Å². The Kier molecular flexibility index (Phi) is 5.06. The first kappa shape index (κ1) is 18.1. The molecule has 0 radical (unpaired) electrons. The molecule has 0 bridgehead atoms. The minimum atomic E-state index is -3.66. The van der Waals surface area contributed by atoms with Crippen molar-refractivity contribution in [2.45, 2.75) is 6.42 Å². The van der Waals surface area contributed by atoms with E-state index in [0.717, 1.165) is 4.90 Å². The first-order valence-electron chi connectivity index (χ1n) is 8.08. The molecule has 136 valence electrons. The van der Waals surface area contributed by atoms with E-state index in [1.807, 2.05) is 0 Å². The summed E-state index contributed by atoms with van der Waals surface area (Å²) in [6.07, 6.45) is 0.332. The number of hydrogen-bond donors (Lipinski definition) is 2. The number of carbonyl (C=O) groups excluding carboxylic acids is 2. The summed E-state index contributed by atoms with van der Waals surface area (Å²) in [6.45, 7) is -0.0969. The normalized spacial score (nSPS) is 13.9. The van der Waals surface area contributed by atoms with Crippen LogP contribution in [0, 0.1) is 0 Å². The van der Waals surface area contributed by atoms with Gasteiger partial charge in [-0.15, -0.1) is 0 Å². The van der Waals surface area contributed by atoms with Crippen molar-refractivity contribution in [2.75, 3.05) is 18.8 Å². The highest BCUT2D eigenvalue weighted by atomic mass is 32.2.